The fraction of sp³-hybridized carbons (Fsp3) is 0.692. The van der Waals surface area contributed by atoms with E-state index < -0.39 is 0 Å². The fourth-order valence-corrected chi connectivity index (χ4v) is 2.34. The second-order valence-corrected chi connectivity index (χ2v) is 4.73. The van der Waals surface area contributed by atoms with E-state index in [1.807, 2.05) is 12.4 Å². The van der Waals surface area contributed by atoms with Crippen LogP contribution < -0.4 is 11.1 Å². The summed E-state index contributed by atoms with van der Waals surface area (Å²) in [5, 5.41) is 3.27. The number of rotatable bonds is 5. The Morgan fingerprint density at radius 3 is 2.53 bits per heavy atom. The molecule has 1 aliphatic rings. The molecule has 1 aliphatic carbocycles. The van der Waals surface area contributed by atoms with Crippen molar-refractivity contribution < 1.29 is 0 Å². The van der Waals surface area contributed by atoms with Crippen LogP contribution in [0.5, 0.6) is 0 Å². The Morgan fingerprint density at radius 1 is 1.18 bits per heavy atom. The summed E-state index contributed by atoms with van der Waals surface area (Å²) in [6.45, 7) is 1.61. The first-order valence-electron chi connectivity index (χ1n) is 6.66. The van der Waals surface area contributed by atoms with Crippen LogP contribution in [0.15, 0.2) is 12.4 Å². The van der Waals surface area contributed by atoms with Crippen molar-refractivity contribution in [1.29, 1.82) is 0 Å². The van der Waals surface area contributed by atoms with Crippen molar-refractivity contribution >= 4 is 5.69 Å². The summed E-state index contributed by atoms with van der Waals surface area (Å²) < 4.78 is 0. The normalized spacial score (nSPS) is 17.0. The van der Waals surface area contributed by atoms with Crippen molar-refractivity contribution in [2.45, 2.75) is 44.4 Å². The molecular weight excluding hydrogens is 212 g/mol. The minimum Gasteiger partial charge on any atom is -0.383 e. The van der Waals surface area contributed by atoms with Crippen molar-refractivity contribution in [3.8, 4) is 0 Å². The molecule has 17 heavy (non-hydrogen) atoms. The van der Waals surface area contributed by atoms with Crippen LogP contribution in [0.25, 0.3) is 0 Å². The zero-order chi connectivity index (χ0) is 11.9. The lowest BCUT2D eigenvalue weighted by Gasteiger charge is -2.20. The molecule has 0 aromatic carbocycles. The number of nitrogens with zero attached hydrogens (tertiary/aromatic N) is 2. The molecule has 0 atom stereocenters. The van der Waals surface area contributed by atoms with Gasteiger partial charge in [-0.3, -0.25) is 0 Å². The molecule has 2 rings (SSSR count). The average molecular weight is 234 g/mol. The standard InChI is InChI=1S/C13H22N4/c14-7-4-8-15-12-9-16-13(17-10-12)11-5-2-1-3-6-11/h9-11,15H,1-8,14H2. The van der Waals surface area contributed by atoms with E-state index in [1.54, 1.807) is 0 Å². The van der Waals surface area contributed by atoms with Crippen LogP contribution in [0.1, 0.15) is 50.3 Å². The van der Waals surface area contributed by atoms with E-state index >= 15 is 0 Å². The minimum atomic E-state index is 0.585. The largest absolute Gasteiger partial charge is 0.383 e. The van der Waals surface area contributed by atoms with Gasteiger partial charge in [-0.25, -0.2) is 9.97 Å². The highest BCUT2D eigenvalue weighted by molar-refractivity contribution is 5.37. The van der Waals surface area contributed by atoms with Crippen molar-refractivity contribution in [2.75, 3.05) is 18.4 Å². The summed E-state index contributed by atoms with van der Waals surface area (Å²) in [6.07, 6.45) is 11.3. The van der Waals surface area contributed by atoms with Crippen molar-refractivity contribution in [1.82, 2.24) is 9.97 Å². The van der Waals surface area contributed by atoms with Crippen molar-refractivity contribution in [3.05, 3.63) is 18.2 Å². The molecule has 0 unspecified atom stereocenters. The first-order chi connectivity index (χ1) is 8.40. The molecule has 0 bridgehead atoms. The maximum Gasteiger partial charge on any atom is 0.131 e. The lowest BCUT2D eigenvalue weighted by atomic mass is 9.89. The Kier molecular flexibility index (Phi) is 4.74. The molecule has 1 aromatic rings. The average Bonchev–Trinajstić information content (AvgIpc) is 2.41. The maximum absolute atomic E-state index is 5.44. The quantitative estimate of drug-likeness (QED) is 0.767. The number of hydrogen-bond acceptors (Lipinski definition) is 4. The molecule has 0 radical (unpaired) electrons. The van der Waals surface area contributed by atoms with Gasteiger partial charge < -0.3 is 11.1 Å². The molecule has 1 saturated carbocycles. The number of aromatic nitrogens is 2. The Hall–Kier alpha value is -1.16. The van der Waals surface area contributed by atoms with Gasteiger partial charge in [-0.1, -0.05) is 19.3 Å². The first kappa shape index (κ1) is 12.3. The Labute approximate surface area is 103 Å². The molecule has 0 saturated heterocycles. The van der Waals surface area contributed by atoms with E-state index in [0.717, 1.165) is 24.5 Å². The van der Waals surface area contributed by atoms with Gasteiger partial charge in [0.1, 0.15) is 5.82 Å². The minimum absolute atomic E-state index is 0.585. The summed E-state index contributed by atoms with van der Waals surface area (Å²) in [6, 6.07) is 0. The second-order valence-electron chi connectivity index (χ2n) is 4.73. The lowest BCUT2D eigenvalue weighted by Crippen LogP contribution is -2.11. The highest BCUT2D eigenvalue weighted by Crippen LogP contribution is 2.30. The number of hydrogen-bond donors (Lipinski definition) is 2. The van der Waals surface area contributed by atoms with E-state index in [2.05, 4.69) is 15.3 Å². The van der Waals surface area contributed by atoms with Gasteiger partial charge in [-0.2, -0.15) is 0 Å². The van der Waals surface area contributed by atoms with Crippen LogP contribution in [0.3, 0.4) is 0 Å². The number of nitrogens with one attached hydrogen (secondary N) is 1. The number of anilines is 1. The third kappa shape index (κ3) is 3.66. The number of nitrogens with two attached hydrogens (primary N) is 1. The molecule has 4 nitrogen and oxygen atoms in total. The zero-order valence-electron chi connectivity index (χ0n) is 10.4. The molecule has 4 heteroatoms. The highest BCUT2D eigenvalue weighted by atomic mass is 14.9. The van der Waals surface area contributed by atoms with E-state index in [-0.39, 0.29) is 0 Å². The van der Waals surface area contributed by atoms with Gasteiger partial charge in [0.25, 0.3) is 0 Å². The van der Waals surface area contributed by atoms with Gasteiger partial charge in [0.15, 0.2) is 0 Å². The Morgan fingerprint density at radius 2 is 1.88 bits per heavy atom. The van der Waals surface area contributed by atoms with E-state index in [4.69, 9.17) is 5.73 Å². The van der Waals surface area contributed by atoms with E-state index in [0.29, 0.717) is 12.5 Å². The second kappa shape index (κ2) is 6.55. The van der Waals surface area contributed by atoms with Crippen LogP contribution in [0.2, 0.25) is 0 Å². The van der Waals surface area contributed by atoms with Crippen LogP contribution >= 0.6 is 0 Å². The lowest BCUT2D eigenvalue weighted by molar-refractivity contribution is 0.428. The van der Waals surface area contributed by atoms with Gasteiger partial charge in [0.2, 0.25) is 0 Å². The van der Waals surface area contributed by atoms with Crippen molar-refractivity contribution in [3.63, 3.8) is 0 Å². The zero-order valence-corrected chi connectivity index (χ0v) is 10.4. The van der Waals surface area contributed by atoms with Gasteiger partial charge in [-0.05, 0) is 25.8 Å². The maximum atomic E-state index is 5.44. The Bertz CT molecular complexity index is 317. The molecule has 1 aromatic heterocycles. The highest BCUT2D eigenvalue weighted by Gasteiger charge is 2.17. The molecule has 1 heterocycles. The van der Waals surface area contributed by atoms with Gasteiger partial charge in [0.05, 0.1) is 18.1 Å². The molecule has 0 aliphatic heterocycles. The molecule has 3 N–H and O–H groups in total. The predicted molar refractivity (Wildman–Crippen MR) is 70.0 cm³/mol. The topological polar surface area (TPSA) is 63.8 Å². The summed E-state index contributed by atoms with van der Waals surface area (Å²) in [4.78, 5) is 8.95. The van der Waals surface area contributed by atoms with Crippen LogP contribution in [0.4, 0.5) is 5.69 Å². The monoisotopic (exact) mass is 234 g/mol. The molecule has 94 valence electrons. The first-order valence-corrected chi connectivity index (χ1v) is 6.66. The van der Waals surface area contributed by atoms with Gasteiger partial charge in [-0.15, -0.1) is 0 Å². The summed E-state index contributed by atoms with van der Waals surface area (Å²) >= 11 is 0. The molecule has 0 amide bonds. The van der Waals surface area contributed by atoms with E-state index in [9.17, 15) is 0 Å². The third-order valence-electron chi connectivity index (χ3n) is 3.35. The molecule has 1 fully saturated rings. The molecular formula is C13H22N4. The predicted octanol–water partition coefficient (Wildman–Crippen LogP) is 2.29. The SMILES string of the molecule is NCCCNc1cnc(C2CCCCC2)nc1. The summed E-state index contributed by atoms with van der Waals surface area (Å²) in [5.41, 5.74) is 6.44. The summed E-state index contributed by atoms with van der Waals surface area (Å²) in [7, 11) is 0. The summed E-state index contributed by atoms with van der Waals surface area (Å²) in [5.74, 6) is 1.61. The van der Waals surface area contributed by atoms with Gasteiger partial charge in [0, 0.05) is 12.5 Å². The van der Waals surface area contributed by atoms with Gasteiger partial charge >= 0.3 is 0 Å². The van der Waals surface area contributed by atoms with Crippen LogP contribution in [-0.2, 0) is 0 Å². The van der Waals surface area contributed by atoms with Crippen LogP contribution in [0, 0.1) is 0 Å². The van der Waals surface area contributed by atoms with E-state index in [1.165, 1.54) is 32.1 Å². The molecule has 0 spiro atoms. The smallest absolute Gasteiger partial charge is 0.131 e. The van der Waals surface area contributed by atoms with Crippen molar-refractivity contribution in [2.24, 2.45) is 5.73 Å². The third-order valence-corrected chi connectivity index (χ3v) is 3.35. The Balaban J connectivity index is 1.88. The fourth-order valence-electron chi connectivity index (χ4n) is 2.34. The van der Waals surface area contributed by atoms with Crippen LogP contribution in [-0.4, -0.2) is 23.1 Å².